The summed E-state index contributed by atoms with van der Waals surface area (Å²) in [5.74, 6) is 2.79. The zero-order valence-corrected chi connectivity index (χ0v) is 18.6. The highest BCUT2D eigenvalue weighted by molar-refractivity contribution is 6.30. The molecule has 31 heavy (non-hydrogen) atoms. The van der Waals surface area contributed by atoms with Crippen LogP contribution in [-0.4, -0.2) is 37.7 Å². The molecule has 1 N–H and O–H groups in total. The summed E-state index contributed by atoms with van der Waals surface area (Å²) in [7, 11) is 1.94. The van der Waals surface area contributed by atoms with E-state index in [4.69, 9.17) is 21.6 Å². The minimum absolute atomic E-state index is 0.211. The van der Waals surface area contributed by atoms with E-state index in [1.165, 1.54) is 24.1 Å². The molecule has 1 unspecified atom stereocenters. The molecule has 162 valence electrons. The molecule has 0 saturated carbocycles. The van der Waals surface area contributed by atoms with Gasteiger partial charge >= 0.3 is 0 Å². The standard InChI is InChI=1S/C24H28ClN5O/c1-29-14-11-26-24(29)21(31)16-9-12-30(13-10-16)23-19-7-2-3-8-20(19)27-22(28-23)17-5-4-6-18(25)15-17/h4-6,11,14-16,21,31H,2-3,7-10,12-13H2,1H3. The lowest BCUT2D eigenvalue weighted by molar-refractivity contribution is 0.0824. The number of fused-ring (bicyclic) bond motifs is 1. The molecule has 7 heteroatoms. The Balaban J connectivity index is 1.41. The van der Waals surface area contributed by atoms with E-state index >= 15 is 0 Å². The van der Waals surface area contributed by atoms with Crippen molar-refractivity contribution >= 4 is 17.4 Å². The van der Waals surface area contributed by atoms with Crippen molar-refractivity contribution in [3.05, 3.63) is 58.8 Å². The van der Waals surface area contributed by atoms with Crippen LogP contribution in [0.2, 0.25) is 5.02 Å². The van der Waals surface area contributed by atoms with Crippen LogP contribution in [0.15, 0.2) is 36.7 Å². The average Bonchev–Trinajstić information content (AvgIpc) is 3.24. The zero-order chi connectivity index (χ0) is 21.4. The van der Waals surface area contributed by atoms with Crippen molar-refractivity contribution in [1.82, 2.24) is 19.5 Å². The number of halogens is 1. The second-order valence-electron chi connectivity index (χ2n) is 8.68. The number of aliphatic hydroxyl groups is 1. The molecule has 0 radical (unpaired) electrons. The van der Waals surface area contributed by atoms with E-state index in [0.29, 0.717) is 5.02 Å². The number of aromatic nitrogens is 4. The molecule has 2 aliphatic rings. The molecule has 2 aromatic heterocycles. The van der Waals surface area contributed by atoms with Crippen molar-refractivity contribution < 1.29 is 5.11 Å². The van der Waals surface area contributed by atoms with Gasteiger partial charge in [-0.2, -0.15) is 0 Å². The fourth-order valence-electron chi connectivity index (χ4n) is 4.89. The first-order valence-corrected chi connectivity index (χ1v) is 11.5. The maximum absolute atomic E-state index is 10.8. The van der Waals surface area contributed by atoms with Crippen molar-refractivity contribution in [1.29, 1.82) is 0 Å². The minimum Gasteiger partial charge on any atom is -0.385 e. The van der Waals surface area contributed by atoms with Crippen LogP contribution in [0.5, 0.6) is 0 Å². The van der Waals surface area contributed by atoms with Gasteiger partial charge in [-0.25, -0.2) is 15.0 Å². The molecule has 1 aliphatic carbocycles. The molecule has 1 aromatic carbocycles. The first kappa shape index (κ1) is 20.5. The van der Waals surface area contributed by atoms with Crippen molar-refractivity contribution in [2.24, 2.45) is 13.0 Å². The summed E-state index contributed by atoms with van der Waals surface area (Å²) < 4.78 is 1.91. The molecule has 0 spiro atoms. The monoisotopic (exact) mass is 437 g/mol. The zero-order valence-electron chi connectivity index (χ0n) is 17.8. The minimum atomic E-state index is -0.525. The van der Waals surface area contributed by atoms with E-state index in [2.05, 4.69) is 9.88 Å². The molecule has 0 amide bonds. The summed E-state index contributed by atoms with van der Waals surface area (Å²) in [6.07, 6.45) is 9.35. The predicted molar refractivity (Wildman–Crippen MR) is 122 cm³/mol. The number of hydrogen-bond donors (Lipinski definition) is 1. The number of piperidine rings is 1. The number of nitrogens with zero attached hydrogens (tertiary/aromatic N) is 5. The van der Waals surface area contributed by atoms with Crippen LogP contribution in [0, 0.1) is 5.92 Å². The number of aryl methyl sites for hydroxylation is 2. The van der Waals surface area contributed by atoms with Crippen molar-refractivity contribution in [3.63, 3.8) is 0 Å². The Morgan fingerprint density at radius 1 is 1.13 bits per heavy atom. The Morgan fingerprint density at radius 3 is 2.68 bits per heavy atom. The average molecular weight is 438 g/mol. The summed E-state index contributed by atoms with van der Waals surface area (Å²) in [6, 6.07) is 7.79. The van der Waals surface area contributed by atoms with E-state index in [-0.39, 0.29) is 5.92 Å². The van der Waals surface area contributed by atoms with Crippen LogP contribution in [0.3, 0.4) is 0 Å². The number of hydrogen-bond acceptors (Lipinski definition) is 5. The first-order chi connectivity index (χ1) is 15.1. The van der Waals surface area contributed by atoms with Gasteiger partial charge in [-0.3, -0.25) is 0 Å². The van der Waals surface area contributed by atoms with Crippen LogP contribution in [0.25, 0.3) is 11.4 Å². The third-order valence-electron chi connectivity index (χ3n) is 6.65. The van der Waals surface area contributed by atoms with Crippen LogP contribution < -0.4 is 4.90 Å². The van der Waals surface area contributed by atoms with Crippen LogP contribution >= 0.6 is 11.6 Å². The van der Waals surface area contributed by atoms with E-state index < -0.39 is 6.10 Å². The third-order valence-corrected chi connectivity index (χ3v) is 6.89. The van der Waals surface area contributed by atoms with Gasteiger partial charge < -0.3 is 14.6 Å². The quantitative estimate of drug-likeness (QED) is 0.656. The Kier molecular flexibility index (Phi) is 5.67. The second-order valence-corrected chi connectivity index (χ2v) is 9.12. The molecule has 1 atom stereocenters. The Bertz CT molecular complexity index is 1070. The molecule has 6 nitrogen and oxygen atoms in total. The maximum atomic E-state index is 10.8. The molecule has 3 heterocycles. The smallest absolute Gasteiger partial charge is 0.161 e. The van der Waals surface area contributed by atoms with Gasteiger partial charge in [0.1, 0.15) is 17.7 Å². The topological polar surface area (TPSA) is 67.1 Å². The number of benzene rings is 1. The van der Waals surface area contributed by atoms with Crippen molar-refractivity contribution in [2.75, 3.05) is 18.0 Å². The summed E-state index contributed by atoms with van der Waals surface area (Å²) in [5, 5.41) is 11.5. The summed E-state index contributed by atoms with van der Waals surface area (Å²) >= 11 is 6.23. The van der Waals surface area contributed by atoms with Gasteiger partial charge in [-0.1, -0.05) is 23.7 Å². The van der Waals surface area contributed by atoms with Gasteiger partial charge in [0.25, 0.3) is 0 Å². The molecular weight excluding hydrogens is 410 g/mol. The van der Waals surface area contributed by atoms with Gasteiger partial charge in [0.15, 0.2) is 5.82 Å². The van der Waals surface area contributed by atoms with Gasteiger partial charge in [0, 0.05) is 54.4 Å². The van der Waals surface area contributed by atoms with E-state index in [1.807, 2.05) is 42.1 Å². The largest absolute Gasteiger partial charge is 0.385 e. The molecule has 3 aromatic rings. The van der Waals surface area contributed by atoms with Crippen molar-refractivity contribution in [2.45, 2.75) is 44.6 Å². The number of rotatable bonds is 4. The van der Waals surface area contributed by atoms with Gasteiger partial charge in [-0.15, -0.1) is 0 Å². The molecular formula is C24H28ClN5O. The summed E-state index contributed by atoms with van der Waals surface area (Å²) in [5.41, 5.74) is 3.45. The Labute approximate surface area is 187 Å². The predicted octanol–water partition coefficient (Wildman–Crippen LogP) is 4.36. The summed E-state index contributed by atoms with van der Waals surface area (Å²) in [4.78, 5) is 16.7. The highest BCUT2D eigenvalue weighted by Gasteiger charge is 2.31. The second kappa shape index (κ2) is 8.60. The third kappa shape index (κ3) is 4.06. The van der Waals surface area contributed by atoms with E-state index in [1.54, 1.807) is 6.20 Å². The molecule has 1 fully saturated rings. The van der Waals surface area contributed by atoms with E-state index in [9.17, 15) is 5.11 Å². The van der Waals surface area contributed by atoms with Crippen molar-refractivity contribution in [3.8, 4) is 11.4 Å². The Hall–Kier alpha value is -2.44. The molecule has 1 aliphatic heterocycles. The van der Waals surface area contributed by atoms with Gasteiger partial charge in [-0.05, 0) is 56.6 Å². The lowest BCUT2D eigenvalue weighted by atomic mass is 9.89. The van der Waals surface area contributed by atoms with E-state index in [0.717, 1.165) is 61.8 Å². The highest BCUT2D eigenvalue weighted by Crippen LogP contribution is 2.35. The molecule has 1 saturated heterocycles. The first-order valence-electron chi connectivity index (χ1n) is 11.2. The lowest BCUT2D eigenvalue weighted by Gasteiger charge is -2.36. The fourth-order valence-corrected chi connectivity index (χ4v) is 5.08. The molecule has 5 rings (SSSR count). The van der Waals surface area contributed by atoms with Gasteiger partial charge in [0.2, 0.25) is 0 Å². The highest BCUT2D eigenvalue weighted by atomic mass is 35.5. The fraction of sp³-hybridized carbons (Fsp3) is 0.458. The number of anilines is 1. The van der Waals surface area contributed by atoms with Crippen LogP contribution in [-0.2, 0) is 19.9 Å². The Morgan fingerprint density at radius 2 is 1.94 bits per heavy atom. The molecule has 0 bridgehead atoms. The SMILES string of the molecule is Cn1ccnc1C(O)C1CCN(c2nc(-c3cccc(Cl)c3)nc3c2CCCC3)CC1. The van der Waals surface area contributed by atoms with Crippen LogP contribution in [0.4, 0.5) is 5.82 Å². The number of imidazole rings is 1. The summed E-state index contributed by atoms with van der Waals surface area (Å²) in [6.45, 7) is 1.76. The van der Waals surface area contributed by atoms with Crippen LogP contribution in [0.1, 0.15) is 48.9 Å². The lowest BCUT2D eigenvalue weighted by Crippen LogP contribution is -2.37. The maximum Gasteiger partial charge on any atom is 0.161 e. The normalized spacial score (nSPS) is 18.1. The number of aliphatic hydroxyl groups excluding tert-OH is 1. The van der Waals surface area contributed by atoms with Gasteiger partial charge in [0.05, 0.1) is 0 Å².